The van der Waals surface area contributed by atoms with E-state index in [-0.39, 0.29) is 6.54 Å². The normalized spacial score (nSPS) is 51.7. The number of nitrogens with two attached hydrogens (primary N) is 1. The molecule has 2 aliphatic rings. The summed E-state index contributed by atoms with van der Waals surface area (Å²) in [5.41, 5.74) is 5.38. The van der Waals surface area contributed by atoms with Crippen LogP contribution in [-0.4, -0.2) is 110 Å². The summed E-state index contributed by atoms with van der Waals surface area (Å²) < 4.78 is 15.3. The van der Waals surface area contributed by atoms with Crippen LogP contribution in [-0.2, 0) is 14.2 Å². The van der Waals surface area contributed by atoms with Gasteiger partial charge in [0.1, 0.15) is 48.8 Å². The third-order valence-corrected chi connectivity index (χ3v) is 4.01. The molecule has 2 fully saturated rings. The highest BCUT2D eigenvalue weighted by Crippen LogP contribution is 2.24. The molecule has 23 heavy (non-hydrogen) atoms. The molecule has 0 radical (unpaired) electrons. The monoisotopic (exact) mass is 341 g/mol. The van der Waals surface area contributed by atoms with E-state index in [9.17, 15) is 35.7 Å². The summed E-state index contributed by atoms with van der Waals surface area (Å²) in [5.74, 6) is 0. The number of aliphatic hydroxyl groups is 7. The Bertz CT molecular complexity index is 385. The molecule has 136 valence electrons. The van der Waals surface area contributed by atoms with Crippen molar-refractivity contribution in [3.05, 3.63) is 0 Å². The van der Waals surface area contributed by atoms with Crippen LogP contribution in [0, 0.1) is 0 Å². The standard InChI is InChI=1S/C12H23NO10/c13-1-3-5(14)8(17)10(19)12(23-3)21-2-4-6(15)7(16)9(18)11(20)22-4/h3-12,14-20H,1-2,13H2/t3-,4-,5-,6-,7+,8+,9-,10-,11-,12-/m1/s1. The largest absolute Gasteiger partial charge is 0.388 e. The van der Waals surface area contributed by atoms with E-state index in [1.165, 1.54) is 0 Å². The van der Waals surface area contributed by atoms with Crippen molar-refractivity contribution in [3.63, 3.8) is 0 Å². The quantitative estimate of drug-likeness (QED) is 0.243. The SMILES string of the molecule is NC[C@H]1O[C@@H](OC[C@H]2O[C@@H](O)[C@H](O)[C@@H](O)[C@@H]2O)[C@H](O)[C@@H](O)[C@@H]1O. The number of hydrogen-bond acceptors (Lipinski definition) is 11. The molecule has 0 aromatic carbocycles. The molecule has 11 heteroatoms. The summed E-state index contributed by atoms with van der Waals surface area (Å²) in [5, 5.41) is 67.3. The predicted molar refractivity (Wildman–Crippen MR) is 70.6 cm³/mol. The Morgan fingerprint density at radius 3 is 1.87 bits per heavy atom. The van der Waals surface area contributed by atoms with E-state index < -0.39 is 68.0 Å². The molecule has 0 saturated carbocycles. The highest BCUT2D eigenvalue weighted by atomic mass is 16.7. The Kier molecular flexibility index (Phi) is 6.27. The van der Waals surface area contributed by atoms with Gasteiger partial charge in [-0.15, -0.1) is 0 Å². The zero-order valence-corrected chi connectivity index (χ0v) is 12.1. The number of aliphatic hydroxyl groups excluding tert-OH is 7. The van der Waals surface area contributed by atoms with Crippen LogP contribution in [0.5, 0.6) is 0 Å². The zero-order valence-electron chi connectivity index (χ0n) is 12.1. The first-order valence-electron chi connectivity index (χ1n) is 7.17. The summed E-state index contributed by atoms with van der Waals surface area (Å²) in [6.07, 6.45) is -14.6. The smallest absolute Gasteiger partial charge is 0.186 e. The topological polar surface area (TPSA) is 195 Å². The molecule has 0 unspecified atom stereocenters. The van der Waals surface area contributed by atoms with Crippen LogP contribution < -0.4 is 5.73 Å². The average Bonchev–Trinajstić information content (AvgIpc) is 2.54. The molecule has 9 N–H and O–H groups in total. The van der Waals surface area contributed by atoms with Gasteiger partial charge in [-0.25, -0.2) is 0 Å². The Morgan fingerprint density at radius 2 is 1.26 bits per heavy atom. The van der Waals surface area contributed by atoms with Gasteiger partial charge in [0.2, 0.25) is 0 Å². The summed E-state index contributed by atoms with van der Waals surface area (Å²) in [6.45, 7) is -0.555. The molecule has 0 bridgehead atoms. The van der Waals surface area contributed by atoms with Crippen LogP contribution in [0.15, 0.2) is 0 Å². The second kappa shape index (κ2) is 7.63. The average molecular weight is 341 g/mol. The second-order valence-electron chi connectivity index (χ2n) is 5.62. The second-order valence-corrected chi connectivity index (χ2v) is 5.62. The first kappa shape index (κ1) is 18.9. The van der Waals surface area contributed by atoms with Crippen molar-refractivity contribution < 1.29 is 50.0 Å². The molecule has 0 spiro atoms. The van der Waals surface area contributed by atoms with Gasteiger partial charge in [-0.2, -0.15) is 0 Å². The van der Waals surface area contributed by atoms with E-state index in [1.54, 1.807) is 0 Å². The molecule has 11 nitrogen and oxygen atoms in total. The molecule has 2 aliphatic heterocycles. The van der Waals surface area contributed by atoms with Gasteiger partial charge in [-0.05, 0) is 0 Å². The van der Waals surface area contributed by atoms with Gasteiger partial charge in [0.15, 0.2) is 12.6 Å². The minimum Gasteiger partial charge on any atom is -0.388 e. The molecule has 2 heterocycles. The van der Waals surface area contributed by atoms with Crippen LogP contribution in [0.25, 0.3) is 0 Å². The maximum Gasteiger partial charge on any atom is 0.186 e. The van der Waals surface area contributed by atoms with E-state index in [0.29, 0.717) is 0 Å². The first-order valence-corrected chi connectivity index (χ1v) is 7.17. The molecule has 2 saturated heterocycles. The highest BCUT2D eigenvalue weighted by molar-refractivity contribution is 4.91. The summed E-state index contributed by atoms with van der Waals surface area (Å²) >= 11 is 0. The maximum atomic E-state index is 9.82. The number of ether oxygens (including phenoxy) is 3. The molecule has 0 aliphatic carbocycles. The minimum atomic E-state index is -1.72. The van der Waals surface area contributed by atoms with E-state index >= 15 is 0 Å². The lowest BCUT2D eigenvalue weighted by atomic mass is 9.98. The molecule has 0 aromatic rings. The van der Waals surface area contributed by atoms with E-state index in [4.69, 9.17) is 19.9 Å². The minimum absolute atomic E-state index is 0.128. The number of hydrogen-bond donors (Lipinski definition) is 8. The van der Waals surface area contributed by atoms with Crippen molar-refractivity contribution in [2.45, 2.75) is 61.4 Å². The summed E-state index contributed by atoms with van der Waals surface area (Å²) in [7, 11) is 0. The van der Waals surface area contributed by atoms with E-state index in [0.717, 1.165) is 0 Å². The van der Waals surface area contributed by atoms with Crippen molar-refractivity contribution in [2.24, 2.45) is 5.73 Å². The van der Waals surface area contributed by atoms with Gasteiger partial charge in [-0.1, -0.05) is 0 Å². The third-order valence-electron chi connectivity index (χ3n) is 4.01. The predicted octanol–water partition coefficient (Wildman–Crippen LogP) is -5.43. The fourth-order valence-electron chi connectivity index (χ4n) is 2.51. The van der Waals surface area contributed by atoms with Gasteiger partial charge in [0.25, 0.3) is 0 Å². The van der Waals surface area contributed by atoms with Crippen molar-refractivity contribution in [1.82, 2.24) is 0 Å². The molecule has 0 amide bonds. The van der Waals surface area contributed by atoms with Crippen LogP contribution in [0.2, 0.25) is 0 Å². The van der Waals surface area contributed by atoms with Crippen LogP contribution >= 0.6 is 0 Å². The summed E-state index contributed by atoms with van der Waals surface area (Å²) in [6, 6.07) is 0. The lowest BCUT2D eigenvalue weighted by Gasteiger charge is -2.42. The highest BCUT2D eigenvalue weighted by Gasteiger charge is 2.46. The Morgan fingerprint density at radius 1 is 0.696 bits per heavy atom. The molecular formula is C12H23NO10. The molecule has 10 atom stereocenters. The van der Waals surface area contributed by atoms with Crippen molar-refractivity contribution >= 4 is 0 Å². The van der Waals surface area contributed by atoms with Crippen molar-refractivity contribution in [2.75, 3.05) is 13.2 Å². The van der Waals surface area contributed by atoms with Crippen LogP contribution in [0.1, 0.15) is 0 Å². The molecule has 2 rings (SSSR count). The zero-order chi connectivity index (χ0) is 17.3. The molecular weight excluding hydrogens is 318 g/mol. The lowest BCUT2D eigenvalue weighted by molar-refractivity contribution is -0.322. The van der Waals surface area contributed by atoms with E-state index in [2.05, 4.69) is 0 Å². The fourth-order valence-corrected chi connectivity index (χ4v) is 2.51. The Labute approximate surface area is 131 Å². The van der Waals surface area contributed by atoms with Gasteiger partial charge >= 0.3 is 0 Å². The van der Waals surface area contributed by atoms with Gasteiger partial charge < -0.3 is 55.7 Å². The fraction of sp³-hybridized carbons (Fsp3) is 1.00. The Balaban J connectivity index is 1.94. The Hall–Kier alpha value is -0.440. The van der Waals surface area contributed by atoms with Gasteiger partial charge in [0.05, 0.1) is 6.61 Å². The van der Waals surface area contributed by atoms with Crippen LogP contribution in [0.4, 0.5) is 0 Å². The first-order chi connectivity index (χ1) is 10.8. The van der Waals surface area contributed by atoms with Crippen molar-refractivity contribution in [1.29, 1.82) is 0 Å². The van der Waals surface area contributed by atoms with E-state index in [1.807, 2.05) is 0 Å². The van der Waals surface area contributed by atoms with Gasteiger partial charge in [-0.3, -0.25) is 0 Å². The maximum absolute atomic E-state index is 9.82. The summed E-state index contributed by atoms with van der Waals surface area (Å²) in [4.78, 5) is 0. The van der Waals surface area contributed by atoms with Gasteiger partial charge in [0, 0.05) is 6.54 Å². The molecule has 0 aromatic heterocycles. The lowest BCUT2D eigenvalue weighted by Crippen LogP contribution is -2.61. The number of rotatable bonds is 4. The third kappa shape index (κ3) is 3.81. The van der Waals surface area contributed by atoms with Crippen molar-refractivity contribution in [3.8, 4) is 0 Å². The van der Waals surface area contributed by atoms with Crippen LogP contribution in [0.3, 0.4) is 0 Å².